The minimum Gasteiger partial charge on any atom is -0.493 e. The summed E-state index contributed by atoms with van der Waals surface area (Å²) in [5.74, 6) is 2.95. The Morgan fingerprint density at radius 3 is 2.33 bits per heavy atom. The lowest BCUT2D eigenvalue weighted by molar-refractivity contribution is 0.283. The zero-order valence-electron chi connectivity index (χ0n) is 17.6. The highest BCUT2D eigenvalue weighted by atomic mass is 16.5. The van der Waals surface area contributed by atoms with Crippen LogP contribution in [0.5, 0.6) is 23.0 Å². The van der Waals surface area contributed by atoms with E-state index in [0.29, 0.717) is 6.61 Å². The molecule has 0 bridgehead atoms. The minimum atomic E-state index is -0.0243. The Kier molecular flexibility index (Phi) is 6.10. The molecule has 1 atom stereocenters. The van der Waals surface area contributed by atoms with Gasteiger partial charge in [-0.25, -0.2) is 0 Å². The molecule has 0 spiro atoms. The number of methoxy groups -OCH3 is 3. The molecule has 1 aliphatic rings. The smallest absolute Gasteiger partial charge is 0.165 e. The van der Waals surface area contributed by atoms with Crippen LogP contribution in [0.3, 0.4) is 0 Å². The third kappa shape index (κ3) is 3.94. The van der Waals surface area contributed by atoms with E-state index in [4.69, 9.17) is 18.9 Å². The molecule has 1 unspecified atom stereocenters. The molecule has 0 saturated carbocycles. The molecular formula is C25H27NO4. The van der Waals surface area contributed by atoms with Crippen LogP contribution in [0.15, 0.2) is 60.7 Å². The molecule has 3 aromatic carbocycles. The Bertz CT molecular complexity index is 1000. The number of para-hydroxylation sites is 1. The van der Waals surface area contributed by atoms with E-state index in [9.17, 15) is 0 Å². The number of hydrogen-bond donors (Lipinski definition) is 1. The van der Waals surface area contributed by atoms with Gasteiger partial charge in [-0.3, -0.25) is 0 Å². The van der Waals surface area contributed by atoms with Crippen molar-refractivity contribution in [2.45, 2.75) is 19.1 Å². The Hall–Kier alpha value is -3.18. The summed E-state index contributed by atoms with van der Waals surface area (Å²) in [4.78, 5) is 0. The number of ether oxygens (including phenoxy) is 4. The maximum atomic E-state index is 6.16. The first-order valence-corrected chi connectivity index (χ1v) is 10.1. The molecule has 0 radical (unpaired) electrons. The van der Waals surface area contributed by atoms with Crippen LogP contribution in [-0.4, -0.2) is 27.9 Å². The normalized spacial score (nSPS) is 15.2. The summed E-state index contributed by atoms with van der Waals surface area (Å²) in [6.07, 6.45) is 0.924. The highest BCUT2D eigenvalue weighted by molar-refractivity contribution is 5.56. The van der Waals surface area contributed by atoms with E-state index in [2.05, 4.69) is 35.6 Å². The quantitative estimate of drug-likeness (QED) is 0.626. The number of fused-ring (bicyclic) bond motifs is 1. The molecule has 1 heterocycles. The van der Waals surface area contributed by atoms with Crippen molar-refractivity contribution in [3.8, 4) is 23.0 Å². The topological polar surface area (TPSA) is 49.0 Å². The average Bonchev–Trinajstić information content (AvgIpc) is 2.81. The Morgan fingerprint density at radius 2 is 1.60 bits per heavy atom. The van der Waals surface area contributed by atoms with Gasteiger partial charge in [-0.2, -0.15) is 0 Å². The average molecular weight is 405 g/mol. The molecular weight excluding hydrogens is 378 g/mol. The van der Waals surface area contributed by atoms with E-state index in [1.807, 2.05) is 30.3 Å². The highest BCUT2D eigenvalue weighted by Crippen LogP contribution is 2.42. The first kappa shape index (κ1) is 20.1. The number of nitrogens with one attached hydrogen (secondary N) is 1. The van der Waals surface area contributed by atoms with Crippen molar-refractivity contribution in [2.75, 3.05) is 27.9 Å². The largest absolute Gasteiger partial charge is 0.493 e. The summed E-state index contributed by atoms with van der Waals surface area (Å²) in [5.41, 5.74) is 4.56. The predicted molar refractivity (Wildman–Crippen MR) is 117 cm³/mol. The molecule has 156 valence electrons. The van der Waals surface area contributed by atoms with Crippen molar-refractivity contribution >= 4 is 0 Å². The van der Waals surface area contributed by atoms with Crippen molar-refractivity contribution in [3.63, 3.8) is 0 Å². The fraction of sp³-hybridized carbons (Fsp3) is 0.280. The van der Waals surface area contributed by atoms with Crippen LogP contribution < -0.4 is 24.3 Å². The number of rotatable bonds is 7. The van der Waals surface area contributed by atoms with Crippen molar-refractivity contribution in [2.24, 2.45) is 0 Å². The van der Waals surface area contributed by atoms with Crippen molar-refractivity contribution in [1.82, 2.24) is 5.32 Å². The van der Waals surface area contributed by atoms with Gasteiger partial charge >= 0.3 is 0 Å². The second kappa shape index (κ2) is 9.09. The minimum absolute atomic E-state index is 0.0243. The number of benzene rings is 3. The van der Waals surface area contributed by atoms with Gasteiger partial charge in [0.1, 0.15) is 6.61 Å². The summed E-state index contributed by atoms with van der Waals surface area (Å²) in [6, 6.07) is 20.3. The van der Waals surface area contributed by atoms with E-state index >= 15 is 0 Å². The third-order valence-corrected chi connectivity index (χ3v) is 5.46. The van der Waals surface area contributed by atoms with Crippen LogP contribution in [0.4, 0.5) is 0 Å². The third-order valence-electron chi connectivity index (χ3n) is 5.46. The second-order valence-electron chi connectivity index (χ2n) is 7.20. The van der Waals surface area contributed by atoms with Crippen LogP contribution >= 0.6 is 0 Å². The lowest BCUT2D eigenvalue weighted by Gasteiger charge is -2.30. The lowest BCUT2D eigenvalue weighted by Crippen LogP contribution is -2.31. The molecule has 0 aromatic heterocycles. The summed E-state index contributed by atoms with van der Waals surface area (Å²) in [6.45, 7) is 1.35. The van der Waals surface area contributed by atoms with E-state index in [0.717, 1.165) is 52.7 Å². The van der Waals surface area contributed by atoms with Crippen LogP contribution in [0, 0.1) is 0 Å². The maximum Gasteiger partial charge on any atom is 0.165 e. The molecule has 30 heavy (non-hydrogen) atoms. The van der Waals surface area contributed by atoms with Gasteiger partial charge in [-0.1, -0.05) is 42.5 Å². The van der Waals surface area contributed by atoms with Gasteiger partial charge in [-0.15, -0.1) is 0 Å². The zero-order chi connectivity index (χ0) is 20.9. The van der Waals surface area contributed by atoms with E-state index in [1.165, 1.54) is 5.56 Å². The summed E-state index contributed by atoms with van der Waals surface area (Å²) >= 11 is 0. The molecule has 0 aliphatic carbocycles. The Balaban J connectivity index is 1.72. The molecule has 0 fully saturated rings. The molecule has 5 heteroatoms. The van der Waals surface area contributed by atoms with Crippen LogP contribution in [-0.2, 0) is 13.0 Å². The first-order valence-electron chi connectivity index (χ1n) is 10.1. The number of hydrogen-bond acceptors (Lipinski definition) is 5. The fourth-order valence-corrected chi connectivity index (χ4v) is 3.99. The Morgan fingerprint density at radius 1 is 0.800 bits per heavy atom. The van der Waals surface area contributed by atoms with Crippen molar-refractivity contribution < 1.29 is 18.9 Å². The second-order valence-corrected chi connectivity index (χ2v) is 7.20. The molecule has 0 amide bonds. The summed E-state index contributed by atoms with van der Waals surface area (Å²) in [5, 5.41) is 3.62. The van der Waals surface area contributed by atoms with Gasteiger partial charge < -0.3 is 24.3 Å². The summed E-state index contributed by atoms with van der Waals surface area (Å²) in [7, 11) is 5.01. The van der Waals surface area contributed by atoms with Crippen molar-refractivity contribution in [1.29, 1.82) is 0 Å². The summed E-state index contributed by atoms with van der Waals surface area (Å²) < 4.78 is 23.0. The van der Waals surface area contributed by atoms with E-state index in [1.54, 1.807) is 21.3 Å². The fourth-order valence-electron chi connectivity index (χ4n) is 3.99. The van der Waals surface area contributed by atoms with Gasteiger partial charge in [0.2, 0.25) is 0 Å². The molecule has 5 nitrogen and oxygen atoms in total. The molecule has 4 rings (SSSR count). The molecule has 1 N–H and O–H groups in total. The van der Waals surface area contributed by atoms with Crippen LogP contribution in [0.25, 0.3) is 0 Å². The van der Waals surface area contributed by atoms with Crippen molar-refractivity contribution in [3.05, 3.63) is 82.9 Å². The van der Waals surface area contributed by atoms with Gasteiger partial charge in [0.15, 0.2) is 23.0 Å². The highest BCUT2D eigenvalue weighted by Gasteiger charge is 2.27. The van der Waals surface area contributed by atoms with Gasteiger partial charge in [0.05, 0.1) is 27.4 Å². The van der Waals surface area contributed by atoms with Crippen LogP contribution in [0.1, 0.15) is 28.3 Å². The monoisotopic (exact) mass is 405 g/mol. The van der Waals surface area contributed by atoms with E-state index < -0.39 is 0 Å². The predicted octanol–water partition coefficient (Wildman–Crippen LogP) is 4.53. The first-order chi connectivity index (χ1) is 14.7. The molecule has 1 aliphatic heterocycles. The Labute approximate surface area is 177 Å². The van der Waals surface area contributed by atoms with Crippen LogP contribution in [0.2, 0.25) is 0 Å². The lowest BCUT2D eigenvalue weighted by atomic mass is 9.88. The maximum absolute atomic E-state index is 6.16. The van der Waals surface area contributed by atoms with E-state index in [-0.39, 0.29) is 6.04 Å². The van der Waals surface area contributed by atoms with Gasteiger partial charge in [-0.05, 0) is 41.3 Å². The molecule has 0 saturated heterocycles. The van der Waals surface area contributed by atoms with Gasteiger partial charge in [0, 0.05) is 12.1 Å². The SMILES string of the molecule is COc1cc2c(cc1OCc1ccccc1)C(c1cccc(OC)c1OC)NCC2. The standard InChI is InChI=1S/C25H27NO4/c1-27-21-11-7-10-19(25(21)29-3)24-20-15-23(30-16-17-8-5-4-6-9-17)22(28-2)14-18(20)12-13-26-24/h4-11,14-15,24,26H,12-13,16H2,1-3H3. The zero-order valence-corrected chi connectivity index (χ0v) is 17.6. The molecule has 3 aromatic rings. The van der Waals surface area contributed by atoms with Gasteiger partial charge in [0.25, 0.3) is 0 Å².